The molecule has 0 spiro atoms. The topological polar surface area (TPSA) is 99.0 Å². The molecule has 1 amide bonds. The zero-order valence-electron chi connectivity index (χ0n) is 20.3. The van der Waals surface area contributed by atoms with E-state index in [-0.39, 0.29) is 28.2 Å². The molecule has 1 atom stereocenters. The molecule has 1 aliphatic heterocycles. The number of nitro groups is 1. The van der Waals surface area contributed by atoms with Crippen LogP contribution < -0.4 is 7.86 Å². The smallest absolute Gasteiger partial charge is 0.110 e. The van der Waals surface area contributed by atoms with Crippen LogP contribution >= 0.6 is 8.02 Å². The van der Waals surface area contributed by atoms with Crippen molar-refractivity contribution in [2.24, 2.45) is 0 Å². The number of carbonyl (C=O) groups is 1. The van der Waals surface area contributed by atoms with Crippen molar-refractivity contribution in [3.63, 3.8) is 0 Å². The van der Waals surface area contributed by atoms with E-state index in [1.807, 2.05) is 13.0 Å². The predicted molar refractivity (Wildman–Crippen MR) is 138 cm³/mol. The molecule has 2 rings (SSSR count). The van der Waals surface area contributed by atoms with Gasteiger partial charge in [-0.1, -0.05) is 0 Å². The third-order valence-corrected chi connectivity index (χ3v) is 12.5. The number of allylic oxidation sites excluding steroid dienone is 1. The summed E-state index contributed by atoms with van der Waals surface area (Å²) in [5, 5.41) is 11.7. The van der Waals surface area contributed by atoms with Gasteiger partial charge in [0.1, 0.15) is 10.8 Å². The molecular weight excluding hydrogens is 672 g/mol. The number of hydrogen-bond acceptors (Lipinski definition) is 6. The van der Waals surface area contributed by atoms with Gasteiger partial charge in [-0.3, -0.25) is 0 Å². The Hall–Kier alpha value is -0.951. The van der Waals surface area contributed by atoms with Crippen LogP contribution in [0.3, 0.4) is 0 Å². The molecule has 1 aliphatic rings. The monoisotopic (exact) mass is 704 g/mol. The number of nitrogens with zero attached hydrogens (tertiary/aromatic N) is 2. The molecule has 12 heteroatoms. The van der Waals surface area contributed by atoms with Gasteiger partial charge in [0.25, 0.3) is 0 Å². The molecule has 0 unspecified atom stereocenters. The second-order valence-corrected chi connectivity index (χ2v) is 17.2. The van der Waals surface area contributed by atoms with E-state index in [2.05, 4.69) is 41.9 Å². The van der Waals surface area contributed by atoms with Gasteiger partial charge in [0.15, 0.2) is 0 Å². The average Bonchev–Trinajstić information content (AvgIpc) is 3.14. The van der Waals surface area contributed by atoms with Crippen LogP contribution in [0.25, 0.3) is 0 Å². The second-order valence-electron chi connectivity index (χ2n) is 9.26. The maximum atomic E-state index is 13.5. The Morgan fingerprint density at radius 1 is 1.42 bits per heavy atom. The van der Waals surface area contributed by atoms with Crippen LogP contribution in [0.15, 0.2) is 23.8 Å². The number of rotatable bonds is 6. The summed E-state index contributed by atoms with van der Waals surface area (Å²) in [5.74, 6) is 0.194. The summed E-state index contributed by atoms with van der Waals surface area (Å²) in [7, 11) is 2.39. The van der Waals surface area contributed by atoms with Crippen molar-refractivity contribution in [3.05, 3.63) is 39.5 Å². The summed E-state index contributed by atoms with van der Waals surface area (Å²) >= 11 is 0.361. The van der Waals surface area contributed by atoms with Gasteiger partial charge in [-0.05, 0) is 8.02 Å². The van der Waals surface area contributed by atoms with Gasteiger partial charge in [0, 0.05) is 0 Å². The van der Waals surface area contributed by atoms with E-state index in [0.29, 0.717) is 55.5 Å². The fourth-order valence-corrected chi connectivity index (χ4v) is 5.62. The van der Waals surface area contributed by atoms with E-state index in [0.717, 1.165) is 15.1 Å². The van der Waals surface area contributed by atoms with Gasteiger partial charge < -0.3 is 0 Å². The Labute approximate surface area is 218 Å². The van der Waals surface area contributed by atoms with Gasteiger partial charge >= 0.3 is 196 Å². The maximum Gasteiger partial charge on any atom is 0.110 e. The first-order valence-electron chi connectivity index (χ1n) is 10.4. The molecule has 1 fully saturated rings. The molecule has 0 aromatic heterocycles. The van der Waals surface area contributed by atoms with Gasteiger partial charge in [-0.15, -0.1) is 0 Å². The number of carbonyl (C=O) groups excluding carboxylic acids is 1. The molecule has 0 radical (unpaired) electrons. The Morgan fingerprint density at radius 2 is 2.00 bits per heavy atom. The molecule has 0 saturated carbocycles. The zero-order chi connectivity index (χ0) is 25.6. The van der Waals surface area contributed by atoms with E-state index in [9.17, 15) is 14.9 Å². The Kier molecular flexibility index (Phi) is 11.5. The van der Waals surface area contributed by atoms with E-state index >= 15 is 0 Å². The molecule has 1 saturated heterocycles. The first-order chi connectivity index (χ1) is 15.2. The number of likely N-dealkylation sites (tertiary alicyclic amines) is 1. The molecule has 1 aromatic rings. The standard InChI is InChI=1S/C21H31N2O5Si.HOPS.Tl/c1-8-15-11-16(14-28-29(6,7)21(2,3)4)22(13-15)20(24)18-12-17(27-5)9-10-19(18)23(25)26;1-3-2;/h8,10,12,16H,11,13-14H2,1-7H3;2H;/b15-8+;;/t16-;;/m0../s1. The Balaban J connectivity index is 0.00000172. The summed E-state index contributed by atoms with van der Waals surface area (Å²) in [5.41, 5.74) is 1.06. The predicted octanol–water partition coefficient (Wildman–Crippen LogP) is 3.84. The molecule has 180 valence electrons. The van der Waals surface area contributed by atoms with Crippen LogP contribution in [0.2, 0.25) is 18.1 Å². The summed E-state index contributed by atoms with van der Waals surface area (Å²) in [4.78, 5) is 26.3. The van der Waals surface area contributed by atoms with Crippen molar-refractivity contribution < 1.29 is 23.1 Å². The fraction of sp³-hybridized carbons (Fsp3) is 0.571. The molecule has 0 N–H and O–H groups in total. The van der Waals surface area contributed by atoms with Crippen molar-refractivity contribution in [2.75, 3.05) is 20.3 Å². The van der Waals surface area contributed by atoms with Gasteiger partial charge in [0.2, 0.25) is 0 Å². The first kappa shape index (κ1) is 30.1. The molecule has 0 aliphatic carbocycles. The first-order valence-corrected chi connectivity index (χ1v) is 17.5. The van der Waals surface area contributed by atoms with Crippen molar-refractivity contribution in [2.45, 2.75) is 58.3 Å². The maximum absolute atomic E-state index is 13.5. The molecule has 0 bridgehead atoms. The molecular formula is C21H32N2O6PSSiTl. The quantitative estimate of drug-likeness (QED) is 0.147. The number of benzene rings is 1. The van der Waals surface area contributed by atoms with E-state index < -0.39 is 13.2 Å². The van der Waals surface area contributed by atoms with Crippen molar-refractivity contribution in [1.82, 2.24) is 4.90 Å². The molecule has 1 heterocycles. The molecule has 33 heavy (non-hydrogen) atoms. The average molecular weight is 704 g/mol. The summed E-state index contributed by atoms with van der Waals surface area (Å²) in [6.45, 7) is 13.8. The summed E-state index contributed by atoms with van der Waals surface area (Å²) in [6, 6.07) is 2.86. The third-order valence-electron chi connectivity index (χ3n) is 6.20. The van der Waals surface area contributed by atoms with E-state index in [4.69, 9.17) is 13.4 Å². The van der Waals surface area contributed by atoms with Crippen molar-refractivity contribution in [3.8, 4) is 5.75 Å². The van der Waals surface area contributed by atoms with E-state index in [1.54, 1.807) is 4.90 Å². The number of hydrogen-bond donors (Lipinski definition) is 0. The number of methoxy groups -OCH3 is 1. The normalized spacial score (nSPS) is 17.3. The van der Waals surface area contributed by atoms with Crippen molar-refractivity contribution >= 4 is 67.7 Å². The Bertz CT molecular complexity index is 961. The minimum absolute atomic E-state index is 0.0671. The van der Waals surface area contributed by atoms with Crippen LogP contribution in [0.1, 0.15) is 44.5 Å². The summed E-state index contributed by atoms with van der Waals surface area (Å²) in [6.07, 6.45) is 2.74. The SMILES string of the molecule is C/C=C1\C[C@@H](CO[Si](C)(C)C(C)(C)C)N(C(=O)c2cc(OC)[c]([Tl])cc2[N+](=O)[O-])C1.O=S=P. The number of ether oxygens (including phenoxy) is 1. The van der Waals surface area contributed by atoms with Crippen LogP contribution in [-0.4, -0.2) is 80.3 Å². The van der Waals surface area contributed by atoms with Crippen LogP contribution in [0.4, 0.5) is 5.69 Å². The van der Waals surface area contributed by atoms with Gasteiger partial charge in [0.05, 0.1) is 0 Å². The second kappa shape index (κ2) is 12.7. The fourth-order valence-electron chi connectivity index (χ4n) is 3.18. The van der Waals surface area contributed by atoms with E-state index in [1.165, 1.54) is 19.2 Å². The van der Waals surface area contributed by atoms with Crippen molar-refractivity contribution in [1.29, 1.82) is 0 Å². The van der Waals surface area contributed by atoms with Gasteiger partial charge in [-0.25, -0.2) is 4.21 Å². The van der Waals surface area contributed by atoms with Crippen LogP contribution in [0.5, 0.6) is 5.75 Å². The molecule has 8 nitrogen and oxygen atoms in total. The number of nitro benzene ring substituents is 1. The minimum atomic E-state index is -1.98. The third kappa shape index (κ3) is 7.78. The number of amides is 1. The zero-order valence-corrected chi connectivity index (χ0v) is 27.6. The Morgan fingerprint density at radius 3 is 2.45 bits per heavy atom. The minimum Gasteiger partial charge on any atom is -0.208 e. The molecule has 1 aromatic carbocycles. The van der Waals surface area contributed by atoms with Crippen LogP contribution in [-0.2, 0) is 15.3 Å². The summed E-state index contributed by atoms with van der Waals surface area (Å²) < 4.78 is 21.3. The van der Waals surface area contributed by atoms with Gasteiger partial charge in [-0.2, -0.15) is 0 Å². The largest absolute Gasteiger partial charge is 0.208 e. The van der Waals surface area contributed by atoms with Crippen LogP contribution in [0, 0.1) is 10.1 Å².